The fourth-order valence-corrected chi connectivity index (χ4v) is 2.01. The standard InChI is InChI=1S/C13H18FNO/c14-9-13-7-4-8-15(10-13)16-11-12-5-2-1-3-6-12/h1-3,5-6,13H,4,7-11H2. The third-order valence-corrected chi connectivity index (χ3v) is 2.96. The minimum atomic E-state index is -0.231. The van der Waals surface area contributed by atoms with Crippen LogP contribution in [0.4, 0.5) is 4.39 Å². The Kier molecular flexibility index (Phi) is 4.31. The first kappa shape index (κ1) is 11.6. The zero-order chi connectivity index (χ0) is 11.2. The van der Waals surface area contributed by atoms with E-state index in [1.807, 2.05) is 35.4 Å². The van der Waals surface area contributed by atoms with Crippen molar-refractivity contribution >= 4 is 0 Å². The molecule has 1 heterocycles. The molecule has 1 unspecified atom stereocenters. The van der Waals surface area contributed by atoms with Gasteiger partial charge in [-0.25, -0.2) is 0 Å². The van der Waals surface area contributed by atoms with Crippen LogP contribution in [0.5, 0.6) is 0 Å². The molecule has 0 amide bonds. The van der Waals surface area contributed by atoms with E-state index < -0.39 is 0 Å². The second kappa shape index (κ2) is 5.97. The SMILES string of the molecule is FCC1CCCN(OCc2ccccc2)C1. The fourth-order valence-electron chi connectivity index (χ4n) is 2.01. The maximum Gasteiger partial charge on any atom is 0.0935 e. The van der Waals surface area contributed by atoms with E-state index in [1.165, 1.54) is 0 Å². The molecule has 0 radical (unpaired) electrons. The lowest BCUT2D eigenvalue weighted by atomic mass is 10.0. The Labute approximate surface area is 96.0 Å². The largest absolute Gasteiger partial charge is 0.294 e. The Hall–Kier alpha value is -0.930. The smallest absolute Gasteiger partial charge is 0.0935 e. The molecule has 2 rings (SSSR count). The number of hydrogen-bond donors (Lipinski definition) is 0. The van der Waals surface area contributed by atoms with Crippen molar-refractivity contribution in [1.82, 2.24) is 5.06 Å². The maximum atomic E-state index is 12.5. The van der Waals surface area contributed by atoms with Crippen molar-refractivity contribution in [3.8, 4) is 0 Å². The molecule has 1 aromatic carbocycles. The number of nitrogens with zero attached hydrogens (tertiary/aromatic N) is 1. The topological polar surface area (TPSA) is 12.5 Å². The molecule has 1 atom stereocenters. The summed E-state index contributed by atoms with van der Waals surface area (Å²) in [6, 6.07) is 10.1. The minimum Gasteiger partial charge on any atom is -0.294 e. The van der Waals surface area contributed by atoms with Gasteiger partial charge in [0.05, 0.1) is 13.3 Å². The van der Waals surface area contributed by atoms with Crippen LogP contribution in [0.25, 0.3) is 0 Å². The molecule has 0 bridgehead atoms. The lowest BCUT2D eigenvalue weighted by molar-refractivity contribution is -0.188. The van der Waals surface area contributed by atoms with E-state index in [1.54, 1.807) is 0 Å². The summed E-state index contributed by atoms with van der Waals surface area (Å²) < 4.78 is 12.5. The number of alkyl halides is 1. The van der Waals surface area contributed by atoms with Crippen molar-refractivity contribution in [1.29, 1.82) is 0 Å². The second-order valence-electron chi connectivity index (χ2n) is 4.31. The molecule has 3 heteroatoms. The number of hydroxylamine groups is 2. The number of rotatable bonds is 4. The lowest BCUT2D eigenvalue weighted by Gasteiger charge is -2.30. The third-order valence-electron chi connectivity index (χ3n) is 2.96. The van der Waals surface area contributed by atoms with Crippen LogP contribution in [0.3, 0.4) is 0 Å². The second-order valence-corrected chi connectivity index (χ2v) is 4.31. The number of halogens is 1. The van der Waals surface area contributed by atoms with Crippen LogP contribution >= 0.6 is 0 Å². The average Bonchev–Trinajstić information content (AvgIpc) is 2.38. The Morgan fingerprint density at radius 1 is 1.31 bits per heavy atom. The highest BCUT2D eigenvalue weighted by Crippen LogP contribution is 2.17. The third kappa shape index (κ3) is 3.29. The molecule has 0 saturated carbocycles. The summed E-state index contributed by atoms with van der Waals surface area (Å²) in [5.41, 5.74) is 1.16. The van der Waals surface area contributed by atoms with Crippen LogP contribution in [-0.2, 0) is 11.4 Å². The molecule has 1 aliphatic rings. The Balaban J connectivity index is 1.77. The molecule has 1 aromatic rings. The van der Waals surface area contributed by atoms with Gasteiger partial charge in [-0.3, -0.25) is 9.23 Å². The van der Waals surface area contributed by atoms with E-state index in [4.69, 9.17) is 4.84 Å². The van der Waals surface area contributed by atoms with E-state index in [0.717, 1.165) is 31.5 Å². The van der Waals surface area contributed by atoms with E-state index in [0.29, 0.717) is 6.61 Å². The van der Waals surface area contributed by atoms with Gasteiger partial charge in [-0.1, -0.05) is 30.3 Å². The zero-order valence-electron chi connectivity index (χ0n) is 9.44. The van der Waals surface area contributed by atoms with Gasteiger partial charge < -0.3 is 0 Å². The average molecular weight is 223 g/mol. The van der Waals surface area contributed by atoms with Gasteiger partial charge in [0.2, 0.25) is 0 Å². The summed E-state index contributed by atoms with van der Waals surface area (Å²) in [6.45, 7) is 2.00. The van der Waals surface area contributed by atoms with Crippen LogP contribution in [0.2, 0.25) is 0 Å². The van der Waals surface area contributed by atoms with Crippen molar-refractivity contribution in [3.63, 3.8) is 0 Å². The first-order valence-electron chi connectivity index (χ1n) is 5.86. The normalized spacial score (nSPS) is 22.2. The summed E-state index contributed by atoms with van der Waals surface area (Å²) in [5, 5.41) is 1.90. The highest BCUT2D eigenvalue weighted by molar-refractivity contribution is 5.13. The Morgan fingerprint density at radius 3 is 2.88 bits per heavy atom. The summed E-state index contributed by atoms with van der Waals surface area (Å²) in [4.78, 5) is 5.67. The monoisotopic (exact) mass is 223 g/mol. The van der Waals surface area contributed by atoms with E-state index in [-0.39, 0.29) is 12.6 Å². The molecule has 1 saturated heterocycles. The zero-order valence-corrected chi connectivity index (χ0v) is 9.44. The van der Waals surface area contributed by atoms with Crippen LogP contribution in [0.1, 0.15) is 18.4 Å². The van der Waals surface area contributed by atoms with Gasteiger partial charge in [0.15, 0.2) is 0 Å². The highest BCUT2D eigenvalue weighted by Gasteiger charge is 2.20. The molecular formula is C13H18FNO. The Bertz CT molecular complexity index is 304. The lowest BCUT2D eigenvalue weighted by Crippen LogP contribution is -2.36. The van der Waals surface area contributed by atoms with Gasteiger partial charge in [-0.2, -0.15) is 5.06 Å². The molecule has 0 aliphatic carbocycles. The number of benzene rings is 1. The summed E-state index contributed by atoms with van der Waals surface area (Å²) >= 11 is 0. The van der Waals surface area contributed by atoms with Gasteiger partial charge in [0, 0.05) is 19.0 Å². The number of hydrogen-bond acceptors (Lipinski definition) is 2. The summed E-state index contributed by atoms with van der Waals surface area (Å²) in [7, 11) is 0. The van der Waals surface area contributed by atoms with Crippen LogP contribution in [-0.4, -0.2) is 24.8 Å². The van der Waals surface area contributed by atoms with Gasteiger partial charge in [0.25, 0.3) is 0 Å². The van der Waals surface area contributed by atoms with Crippen molar-refractivity contribution in [2.75, 3.05) is 19.8 Å². The minimum absolute atomic E-state index is 0.157. The Morgan fingerprint density at radius 2 is 2.12 bits per heavy atom. The maximum absolute atomic E-state index is 12.5. The van der Waals surface area contributed by atoms with Crippen LogP contribution in [0, 0.1) is 5.92 Å². The molecule has 2 nitrogen and oxygen atoms in total. The molecule has 1 aliphatic heterocycles. The molecule has 16 heavy (non-hydrogen) atoms. The molecular weight excluding hydrogens is 205 g/mol. The van der Waals surface area contributed by atoms with Gasteiger partial charge in [-0.05, 0) is 18.4 Å². The molecule has 1 fully saturated rings. The van der Waals surface area contributed by atoms with Crippen molar-refractivity contribution in [3.05, 3.63) is 35.9 Å². The van der Waals surface area contributed by atoms with E-state index in [2.05, 4.69) is 0 Å². The quantitative estimate of drug-likeness (QED) is 0.778. The van der Waals surface area contributed by atoms with Crippen LogP contribution < -0.4 is 0 Å². The van der Waals surface area contributed by atoms with Gasteiger partial charge >= 0.3 is 0 Å². The van der Waals surface area contributed by atoms with Gasteiger partial charge in [0.1, 0.15) is 0 Å². The van der Waals surface area contributed by atoms with Crippen molar-refractivity contribution in [2.24, 2.45) is 5.92 Å². The van der Waals surface area contributed by atoms with Gasteiger partial charge in [-0.15, -0.1) is 0 Å². The van der Waals surface area contributed by atoms with Crippen LogP contribution in [0.15, 0.2) is 30.3 Å². The molecule has 88 valence electrons. The fraction of sp³-hybridized carbons (Fsp3) is 0.538. The predicted molar refractivity (Wildman–Crippen MR) is 61.5 cm³/mol. The molecule has 0 aromatic heterocycles. The summed E-state index contributed by atoms with van der Waals surface area (Å²) in [6.07, 6.45) is 2.02. The predicted octanol–water partition coefficient (Wildman–Crippen LogP) is 2.80. The highest BCUT2D eigenvalue weighted by atomic mass is 19.1. The first-order valence-corrected chi connectivity index (χ1v) is 5.86. The number of piperidine rings is 1. The summed E-state index contributed by atoms with van der Waals surface area (Å²) in [5.74, 6) is 0.157. The van der Waals surface area contributed by atoms with E-state index in [9.17, 15) is 4.39 Å². The van der Waals surface area contributed by atoms with Crippen molar-refractivity contribution < 1.29 is 9.23 Å². The van der Waals surface area contributed by atoms with Crippen molar-refractivity contribution in [2.45, 2.75) is 19.4 Å². The molecule has 0 spiro atoms. The molecule has 0 N–H and O–H groups in total. The first-order chi connectivity index (χ1) is 7.88. The van der Waals surface area contributed by atoms with E-state index >= 15 is 0 Å².